The molecule has 2 aliphatic heterocycles. The van der Waals surface area contributed by atoms with Gasteiger partial charge in [-0.15, -0.1) is 0 Å². The van der Waals surface area contributed by atoms with E-state index < -0.39 is 6.04 Å². The van der Waals surface area contributed by atoms with Gasteiger partial charge < -0.3 is 15.0 Å². The molecule has 0 bridgehead atoms. The van der Waals surface area contributed by atoms with E-state index in [1.165, 1.54) is 4.90 Å². The number of anilines is 1. The van der Waals surface area contributed by atoms with Crippen molar-refractivity contribution in [2.75, 3.05) is 4.90 Å². The monoisotopic (exact) mass is 347 g/mol. The van der Waals surface area contributed by atoms with Crippen LogP contribution in [0.3, 0.4) is 0 Å². The number of aromatic amines is 1. The second-order valence-corrected chi connectivity index (χ2v) is 6.84. The molecule has 1 saturated heterocycles. The van der Waals surface area contributed by atoms with E-state index in [9.17, 15) is 14.7 Å². The summed E-state index contributed by atoms with van der Waals surface area (Å²) in [6.45, 7) is 1.93. The molecule has 0 spiro atoms. The van der Waals surface area contributed by atoms with Gasteiger partial charge in [0.25, 0.3) is 5.91 Å². The zero-order chi connectivity index (χ0) is 18.0. The molecule has 5 rings (SSSR count). The lowest BCUT2D eigenvalue weighted by Gasteiger charge is -2.33. The Morgan fingerprint density at radius 2 is 1.88 bits per heavy atom. The number of H-pyrrole nitrogens is 1. The van der Waals surface area contributed by atoms with E-state index in [-0.39, 0.29) is 23.7 Å². The topological polar surface area (TPSA) is 76.6 Å². The van der Waals surface area contributed by atoms with Crippen molar-refractivity contribution in [1.82, 2.24) is 9.88 Å². The van der Waals surface area contributed by atoms with Crippen molar-refractivity contribution in [2.24, 2.45) is 0 Å². The number of benzene rings is 2. The molecule has 2 aliphatic rings. The molecular weight excluding hydrogens is 330 g/mol. The summed E-state index contributed by atoms with van der Waals surface area (Å²) in [5, 5.41) is 10.7. The van der Waals surface area contributed by atoms with Gasteiger partial charge in [0, 0.05) is 23.0 Å². The average molecular weight is 347 g/mol. The van der Waals surface area contributed by atoms with Crippen molar-refractivity contribution in [3.63, 3.8) is 0 Å². The Bertz CT molecular complexity index is 1060. The van der Waals surface area contributed by atoms with E-state index in [0.717, 1.165) is 22.2 Å². The number of carbonyl (C=O) groups is 2. The summed E-state index contributed by atoms with van der Waals surface area (Å²) in [4.78, 5) is 32.3. The molecule has 2 atom stereocenters. The molecule has 3 aromatic rings. The minimum absolute atomic E-state index is 0.189. The van der Waals surface area contributed by atoms with Crippen molar-refractivity contribution in [1.29, 1.82) is 0 Å². The number of rotatable bonds is 1. The number of urea groups is 1. The fourth-order valence-corrected chi connectivity index (χ4v) is 4.21. The van der Waals surface area contributed by atoms with Gasteiger partial charge in [-0.2, -0.15) is 0 Å². The lowest BCUT2D eigenvalue weighted by atomic mass is 9.93. The summed E-state index contributed by atoms with van der Waals surface area (Å²) in [7, 11) is 0. The first kappa shape index (κ1) is 15.0. The van der Waals surface area contributed by atoms with Crippen LogP contribution in [0.25, 0.3) is 10.9 Å². The molecule has 1 aromatic heterocycles. The van der Waals surface area contributed by atoms with Crippen molar-refractivity contribution in [3.05, 3.63) is 59.8 Å². The van der Waals surface area contributed by atoms with E-state index in [0.29, 0.717) is 12.1 Å². The van der Waals surface area contributed by atoms with Gasteiger partial charge in [0.1, 0.15) is 11.8 Å². The van der Waals surface area contributed by atoms with E-state index in [2.05, 4.69) is 4.98 Å². The second kappa shape index (κ2) is 5.11. The first-order valence-corrected chi connectivity index (χ1v) is 8.61. The van der Waals surface area contributed by atoms with Gasteiger partial charge >= 0.3 is 6.03 Å². The number of amides is 3. The summed E-state index contributed by atoms with van der Waals surface area (Å²) in [5.74, 6) is -0.0117. The number of hydrogen-bond acceptors (Lipinski definition) is 3. The zero-order valence-corrected chi connectivity index (χ0v) is 14.1. The summed E-state index contributed by atoms with van der Waals surface area (Å²) < 4.78 is 0. The molecule has 0 aliphatic carbocycles. The van der Waals surface area contributed by atoms with Crippen LogP contribution >= 0.6 is 0 Å². The Morgan fingerprint density at radius 1 is 1.12 bits per heavy atom. The molecular formula is C20H17N3O3. The number of hydrogen-bond donors (Lipinski definition) is 2. The molecule has 2 aromatic carbocycles. The maximum Gasteiger partial charge on any atom is 0.332 e. The minimum atomic E-state index is -0.522. The van der Waals surface area contributed by atoms with Gasteiger partial charge in [-0.3, -0.25) is 4.79 Å². The van der Waals surface area contributed by atoms with Crippen LogP contribution in [0.15, 0.2) is 48.5 Å². The van der Waals surface area contributed by atoms with Gasteiger partial charge in [-0.25, -0.2) is 9.69 Å². The fourth-order valence-electron chi connectivity index (χ4n) is 4.21. The number of nitrogens with one attached hydrogen (secondary N) is 1. The van der Waals surface area contributed by atoms with Crippen LogP contribution in [-0.4, -0.2) is 33.0 Å². The number of carbonyl (C=O) groups excluding carboxylic acids is 2. The predicted molar refractivity (Wildman–Crippen MR) is 97.0 cm³/mol. The van der Waals surface area contributed by atoms with Crippen LogP contribution in [-0.2, 0) is 11.2 Å². The van der Waals surface area contributed by atoms with E-state index in [1.54, 1.807) is 29.2 Å². The summed E-state index contributed by atoms with van der Waals surface area (Å²) in [6.07, 6.45) is 0.442. The number of aromatic hydroxyl groups is 1. The lowest BCUT2D eigenvalue weighted by molar-refractivity contribution is -0.120. The highest BCUT2D eigenvalue weighted by Crippen LogP contribution is 2.42. The molecule has 130 valence electrons. The smallest absolute Gasteiger partial charge is 0.332 e. The van der Waals surface area contributed by atoms with Crippen LogP contribution in [0.5, 0.6) is 5.75 Å². The van der Waals surface area contributed by atoms with Crippen molar-refractivity contribution in [2.45, 2.75) is 25.4 Å². The van der Waals surface area contributed by atoms with Crippen molar-refractivity contribution >= 4 is 28.5 Å². The average Bonchev–Trinajstić information content (AvgIpc) is 3.12. The summed E-state index contributed by atoms with van der Waals surface area (Å²) in [5.41, 5.74) is 3.43. The summed E-state index contributed by atoms with van der Waals surface area (Å²) >= 11 is 0. The van der Waals surface area contributed by atoms with Crippen LogP contribution in [0.4, 0.5) is 10.5 Å². The number of phenols is 1. The highest BCUT2D eigenvalue weighted by Gasteiger charge is 2.51. The largest absolute Gasteiger partial charge is 0.508 e. The Labute approximate surface area is 149 Å². The molecule has 0 unspecified atom stereocenters. The van der Waals surface area contributed by atoms with Crippen LogP contribution < -0.4 is 4.90 Å². The molecule has 0 radical (unpaired) electrons. The highest BCUT2D eigenvalue weighted by atomic mass is 16.3. The van der Waals surface area contributed by atoms with Gasteiger partial charge in [0.2, 0.25) is 0 Å². The van der Waals surface area contributed by atoms with Gasteiger partial charge in [0.05, 0.1) is 11.7 Å². The van der Waals surface area contributed by atoms with Gasteiger partial charge in [0.15, 0.2) is 0 Å². The number of aromatic nitrogens is 1. The van der Waals surface area contributed by atoms with Gasteiger partial charge in [-0.1, -0.05) is 18.2 Å². The van der Waals surface area contributed by atoms with Crippen molar-refractivity contribution < 1.29 is 14.7 Å². The van der Waals surface area contributed by atoms with Crippen LogP contribution in [0, 0.1) is 0 Å². The van der Waals surface area contributed by atoms with Crippen molar-refractivity contribution in [3.8, 4) is 5.75 Å². The second-order valence-electron chi connectivity index (χ2n) is 6.84. The standard InChI is InChI=1S/C20H17N3O3/c1-11-18-15(14-9-13(24)7-8-16(14)21-18)10-17-19(25)23(20(26)22(11)17)12-5-3-2-4-6-12/h2-9,11,17,21,24H,10H2,1H3/t11-,17-/m0/s1. The molecule has 6 heteroatoms. The Balaban J connectivity index is 1.62. The Hall–Kier alpha value is -3.28. The number of fused-ring (bicyclic) bond motifs is 4. The molecule has 1 fully saturated rings. The quantitative estimate of drug-likeness (QED) is 0.663. The first-order chi connectivity index (χ1) is 12.6. The SMILES string of the molecule is C[C@H]1c2[nH]c3ccc(O)cc3c2C[C@H]2C(=O)N(c3ccccc3)C(=O)N21. The molecule has 3 heterocycles. The first-order valence-electron chi connectivity index (χ1n) is 8.61. The maximum absolute atomic E-state index is 13.0. The number of para-hydroxylation sites is 1. The third-order valence-electron chi connectivity index (χ3n) is 5.42. The Kier molecular flexibility index (Phi) is 2.95. The van der Waals surface area contributed by atoms with Crippen LogP contribution in [0.2, 0.25) is 0 Å². The predicted octanol–water partition coefficient (Wildman–Crippen LogP) is 3.33. The van der Waals surface area contributed by atoms with E-state index in [4.69, 9.17) is 0 Å². The third kappa shape index (κ3) is 1.87. The van der Waals surface area contributed by atoms with E-state index >= 15 is 0 Å². The third-order valence-corrected chi connectivity index (χ3v) is 5.42. The maximum atomic E-state index is 13.0. The number of nitrogens with zero attached hydrogens (tertiary/aromatic N) is 2. The summed E-state index contributed by atoms with van der Waals surface area (Å²) in [6, 6.07) is 13.1. The molecule has 6 nitrogen and oxygen atoms in total. The lowest BCUT2D eigenvalue weighted by Crippen LogP contribution is -2.42. The number of imide groups is 1. The minimum Gasteiger partial charge on any atom is -0.508 e. The highest BCUT2D eigenvalue weighted by molar-refractivity contribution is 6.21. The fraction of sp³-hybridized carbons (Fsp3) is 0.200. The number of phenolic OH excluding ortho intramolecular Hbond substituents is 1. The molecule has 3 amide bonds. The van der Waals surface area contributed by atoms with Crippen LogP contribution in [0.1, 0.15) is 24.2 Å². The molecule has 0 saturated carbocycles. The molecule has 26 heavy (non-hydrogen) atoms. The van der Waals surface area contributed by atoms with Gasteiger partial charge in [-0.05, 0) is 42.8 Å². The zero-order valence-electron chi connectivity index (χ0n) is 14.1. The normalized spacial score (nSPS) is 22.0. The molecule has 2 N–H and O–H groups in total. The Morgan fingerprint density at radius 3 is 2.65 bits per heavy atom. The van der Waals surface area contributed by atoms with E-state index in [1.807, 2.05) is 31.2 Å².